The number of carbonyl (C=O) groups excluding carboxylic acids is 1. The van der Waals surface area contributed by atoms with Gasteiger partial charge in [-0.1, -0.05) is 45.0 Å². The Bertz CT molecular complexity index is 1040. The van der Waals surface area contributed by atoms with Gasteiger partial charge in [-0.15, -0.1) is 0 Å². The highest BCUT2D eigenvalue weighted by Crippen LogP contribution is 2.26. The van der Waals surface area contributed by atoms with Crippen LogP contribution in [-0.4, -0.2) is 62.9 Å². The first-order valence-electron chi connectivity index (χ1n) is 10.8. The van der Waals surface area contributed by atoms with Gasteiger partial charge < -0.3 is 10.1 Å². The molecule has 1 N–H and O–H groups in total. The molecular weight excluding hydrogens is 426 g/mol. The van der Waals surface area contributed by atoms with E-state index < -0.39 is 16.1 Å². The Labute approximate surface area is 191 Å². The van der Waals surface area contributed by atoms with Crippen molar-refractivity contribution in [3.63, 3.8) is 0 Å². The Morgan fingerprint density at radius 2 is 1.59 bits per heavy atom. The molecule has 0 bridgehead atoms. The average Bonchev–Trinajstić information content (AvgIpc) is 2.78. The normalized spacial score (nSPS) is 17.0. The summed E-state index contributed by atoms with van der Waals surface area (Å²) in [7, 11) is -2.00. The molecule has 2 aromatic carbocycles. The standard InChI is InChI=1S/C24H33N3O4S/c1-18(23(28)25-21-8-6-7-9-22(21)31-5)26-14-16-27(17-15-26)32(29,30)20-12-10-19(11-13-20)24(2,3)4/h6-13,18H,14-17H2,1-5H3,(H,25,28). The minimum absolute atomic E-state index is 0.0333. The summed E-state index contributed by atoms with van der Waals surface area (Å²) >= 11 is 0. The summed E-state index contributed by atoms with van der Waals surface area (Å²) in [5, 5.41) is 2.91. The van der Waals surface area contributed by atoms with E-state index in [4.69, 9.17) is 4.74 Å². The molecule has 1 aliphatic heterocycles. The van der Waals surface area contributed by atoms with Crippen molar-refractivity contribution in [1.82, 2.24) is 9.21 Å². The average molecular weight is 460 g/mol. The third-order valence-electron chi connectivity index (χ3n) is 5.92. The van der Waals surface area contributed by atoms with Crippen LogP contribution in [0.25, 0.3) is 0 Å². The molecule has 8 heteroatoms. The van der Waals surface area contributed by atoms with Crippen molar-refractivity contribution in [2.45, 2.75) is 44.0 Å². The van der Waals surface area contributed by atoms with Crippen LogP contribution in [0.1, 0.15) is 33.3 Å². The van der Waals surface area contributed by atoms with Crippen molar-refractivity contribution < 1.29 is 17.9 Å². The second kappa shape index (κ2) is 9.60. The summed E-state index contributed by atoms with van der Waals surface area (Å²) in [4.78, 5) is 15.1. The summed E-state index contributed by atoms with van der Waals surface area (Å²) in [5.41, 5.74) is 1.68. The zero-order valence-corrected chi connectivity index (χ0v) is 20.3. The predicted molar refractivity (Wildman–Crippen MR) is 127 cm³/mol. The second-order valence-corrected chi connectivity index (χ2v) is 11.0. The van der Waals surface area contributed by atoms with Crippen molar-refractivity contribution in [2.24, 2.45) is 0 Å². The quantitative estimate of drug-likeness (QED) is 0.717. The summed E-state index contributed by atoms with van der Waals surface area (Å²) in [6.07, 6.45) is 0. The molecule has 32 heavy (non-hydrogen) atoms. The van der Waals surface area contributed by atoms with Crippen LogP contribution >= 0.6 is 0 Å². The van der Waals surface area contributed by atoms with Crippen LogP contribution in [0, 0.1) is 0 Å². The molecule has 174 valence electrons. The van der Waals surface area contributed by atoms with Crippen LogP contribution in [0.3, 0.4) is 0 Å². The van der Waals surface area contributed by atoms with Gasteiger partial charge in [0.2, 0.25) is 15.9 Å². The number of nitrogens with zero attached hydrogens (tertiary/aromatic N) is 2. The molecule has 1 atom stereocenters. The number of amides is 1. The van der Waals surface area contributed by atoms with Gasteiger partial charge in [-0.25, -0.2) is 8.42 Å². The van der Waals surface area contributed by atoms with E-state index in [1.807, 2.05) is 36.1 Å². The van der Waals surface area contributed by atoms with E-state index in [-0.39, 0.29) is 11.3 Å². The van der Waals surface area contributed by atoms with Crippen LogP contribution in [0.5, 0.6) is 5.75 Å². The fourth-order valence-corrected chi connectivity index (χ4v) is 5.18. The van der Waals surface area contributed by atoms with Gasteiger partial charge in [0.25, 0.3) is 0 Å². The van der Waals surface area contributed by atoms with E-state index in [0.29, 0.717) is 42.5 Å². The molecule has 1 aliphatic rings. The topological polar surface area (TPSA) is 79.0 Å². The number of anilines is 1. The first kappa shape index (κ1) is 24.2. The van der Waals surface area contributed by atoms with Crippen molar-refractivity contribution in [3.8, 4) is 5.75 Å². The minimum Gasteiger partial charge on any atom is -0.495 e. The lowest BCUT2D eigenvalue weighted by Crippen LogP contribution is -2.53. The first-order valence-corrected chi connectivity index (χ1v) is 12.3. The van der Waals surface area contributed by atoms with Crippen molar-refractivity contribution in [2.75, 3.05) is 38.6 Å². The second-order valence-electron chi connectivity index (χ2n) is 9.08. The van der Waals surface area contributed by atoms with Crippen LogP contribution in [0.2, 0.25) is 0 Å². The van der Waals surface area contributed by atoms with Crippen LogP contribution in [-0.2, 0) is 20.2 Å². The zero-order valence-electron chi connectivity index (χ0n) is 19.5. The Kier molecular flexibility index (Phi) is 7.27. The van der Waals surface area contributed by atoms with Gasteiger partial charge in [-0.3, -0.25) is 9.69 Å². The molecular formula is C24H33N3O4S. The van der Waals surface area contributed by atoms with Crippen LogP contribution < -0.4 is 10.1 Å². The molecule has 0 aromatic heterocycles. The lowest BCUT2D eigenvalue weighted by Gasteiger charge is -2.36. The molecule has 1 saturated heterocycles. The van der Waals surface area contributed by atoms with Gasteiger partial charge in [-0.05, 0) is 42.2 Å². The van der Waals surface area contributed by atoms with Gasteiger partial charge in [0.1, 0.15) is 5.75 Å². The smallest absolute Gasteiger partial charge is 0.243 e. The highest BCUT2D eigenvalue weighted by Gasteiger charge is 2.32. The number of ether oxygens (including phenoxy) is 1. The molecule has 1 unspecified atom stereocenters. The predicted octanol–water partition coefficient (Wildman–Crippen LogP) is 3.33. The number of nitrogens with one attached hydrogen (secondary N) is 1. The lowest BCUT2D eigenvalue weighted by molar-refractivity contribution is -0.121. The van der Waals surface area contributed by atoms with E-state index in [1.165, 1.54) is 4.31 Å². The zero-order chi connectivity index (χ0) is 23.5. The number of methoxy groups -OCH3 is 1. The molecule has 0 saturated carbocycles. The largest absolute Gasteiger partial charge is 0.495 e. The fraction of sp³-hybridized carbons (Fsp3) is 0.458. The van der Waals surface area contributed by atoms with Gasteiger partial charge >= 0.3 is 0 Å². The number of sulfonamides is 1. The van der Waals surface area contributed by atoms with Gasteiger partial charge in [0.15, 0.2) is 0 Å². The van der Waals surface area contributed by atoms with Crippen molar-refractivity contribution in [1.29, 1.82) is 0 Å². The maximum Gasteiger partial charge on any atom is 0.243 e. The SMILES string of the molecule is COc1ccccc1NC(=O)C(C)N1CCN(S(=O)(=O)c2ccc(C(C)(C)C)cc2)CC1. The maximum atomic E-state index is 13.1. The molecule has 1 amide bonds. The fourth-order valence-electron chi connectivity index (χ4n) is 3.76. The molecule has 1 fully saturated rings. The van der Waals surface area contributed by atoms with Crippen molar-refractivity contribution >= 4 is 21.6 Å². The number of benzene rings is 2. The molecule has 0 radical (unpaired) electrons. The molecule has 0 aliphatic carbocycles. The minimum atomic E-state index is -3.56. The van der Waals surface area contributed by atoms with E-state index >= 15 is 0 Å². The van der Waals surface area contributed by atoms with Crippen LogP contribution in [0.4, 0.5) is 5.69 Å². The van der Waals surface area contributed by atoms with Gasteiger partial charge in [-0.2, -0.15) is 4.31 Å². The van der Waals surface area contributed by atoms with E-state index in [9.17, 15) is 13.2 Å². The Morgan fingerprint density at radius 1 is 1.00 bits per heavy atom. The molecule has 7 nitrogen and oxygen atoms in total. The van der Waals surface area contributed by atoms with E-state index in [2.05, 4.69) is 26.1 Å². The number of rotatable bonds is 6. The number of piperazine rings is 1. The Balaban J connectivity index is 1.62. The number of carbonyl (C=O) groups is 1. The van der Waals surface area contributed by atoms with Crippen LogP contribution in [0.15, 0.2) is 53.4 Å². The third kappa shape index (κ3) is 5.31. The van der Waals surface area contributed by atoms with Gasteiger partial charge in [0, 0.05) is 26.2 Å². The monoisotopic (exact) mass is 459 g/mol. The van der Waals surface area contributed by atoms with E-state index in [1.54, 1.807) is 31.4 Å². The highest BCUT2D eigenvalue weighted by molar-refractivity contribution is 7.89. The Morgan fingerprint density at radius 3 is 2.16 bits per heavy atom. The Hall–Kier alpha value is -2.42. The lowest BCUT2D eigenvalue weighted by atomic mass is 9.87. The maximum absolute atomic E-state index is 13.1. The third-order valence-corrected chi connectivity index (χ3v) is 7.84. The molecule has 3 rings (SSSR count). The summed E-state index contributed by atoms with van der Waals surface area (Å²) in [6.45, 7) is 9.79. The molecule has 1 heterocycles. The van der Waals surface area contributed by atoms with Crippen molar-refractivity contribution in [3.05, 3.63) is 54.1 Å². The summed E-state index contributed by atoms with van der Waals surface area (Å²) in [5.74, 6) is 0.449. The number of hydrogen-bond donors (Lipinski definition) is 1. The van der Waals surface area contributed by atoms with Gasteiger partial charge in [0.05, 0.1) is 23.7 Å². The first-order chi connectivity index (χ1) is 15.0. The number of para-hydroxylation sites is 2. The summed E-state index contributed by atoms with van der Waals surface area (Å²) < 4.78 is 33.0. The molecule has 0 spiro atoms. The highest BCUT2D eigenvalue weighted by atomic mass is 32.2. The number of hydrogen-bond acceptors (Lipinski definition) is 5. The summed E-state index contributed by atoms with van der Waals surface area (Å²) in [6, 6.07) is 14.0. The van der Waals surface area contributed by atoms with E-state index in [0.717, 1.165) is 5.56 Å². The molecule has 2 aromatic rings.